The molecule has 116 valence electrons. The minimum absolute atomic E-state index is 0.0183. The third-order valence-corrected chi connectivity index (χ3v) is 5.87. The molecule has 0 spiro atoms. The average Bonchev–Trinajstić information content (AvgIpc) is 2.88. The Kier molecular flexibility index (Phi) is 4.84. The summed E-state index contributed by atoms with van der Waals surface area (Å²) >= 11 is 3.20. The molecule has 0 fully saturated rings. The fourth-order valence-electron chi connectivity index (χ4n) is 2.53. The van der Waals surface area contributed by atoms with Crippen molar-refractivity contribution in [3.8, 4) is 0 Å². The van der Waals surface area contributed by atoms with Gasteiger partial charge in [0.2, 0.25) is 5.91 Å². The highest BCUT2D eigenvalue weighted by Gasteiger charge is 2.20. The number of nitrogens with one attached hydrogen (secondary N) is 1. The van der Waals surface area contributed by atoms with Crippen LogP contribution < -0.4 is 5.32 Å². The molecule has 0 aliphatic heterocycles. The smallest absolute Gasteiger partial charge is 0.236 e. The molecule has 0 bridgehead atoms. The first-order chi connectivity index (χ1) is 10.6. The van der Waals surface area contributed by atoms with Gasteiger partial charge in [0.15, 0.2) is 5.13 Å². The maximum Gasteiger partial charge on any atom is 0.236 e. The van der Waals surface area contributed by atoms with Crippen LogP contribution in [0.4, 0.5) is 5.13 Å². The summed E-state index contributed by atoms with van der Waals surface area (Å²) in [4.78, 5) is 19.1. The molecule has 1 amide bonds. The van der Waals surface area contributed by atoms with Crippen LogP contribution in [0.2, 0.25) is 0 Å². The number of thioether (sulfide) groups is 1. The molecule has 1 aliphatic carbocycles. The van der Waals surface area contributed by atoms with Gasteiger partial charge < -0.3 is 5.32 Å². The SMILES string of the molecule is Cc1ccc(SCC(=O)Nc2nc3c(s2)C[C@H](C)CC3)cc1. The summed E-state index contributed by atoms with van der Waals surface area (Å²) in [7, 11) is 0. The van der Waals surface area contributed by atoms with Crippen molar-refractivity contribution in [2.75, 3.05) is 11.1 Å². The molecule has 1 N–H and O–H groups in total. The zero-order valence-electron chi connectivity index (χ0n) is 12.9. The van der Waals surface area contributed by atoms with Crippen molar-refractivity contribution in [1.29, 1.82) is 0 Å². The second-order valence-corrected chi connectivity index (χ2v) is 8.02. The molecule has 3 nitrogen and oxygen atoms in total. The number of aromatic nitrogens is 1. The van der Waals surface area contributed by atoms with Crippen molar-refractivity contribution in [3.63, 3.8) is 0 Å². The van der Waals surface area contributed by atoms with E-state index in [1.807, 2.05) is 0 Å². The number of anilines is 1. The summed E-state index contributed by atoms with van der Waals surface area (Å²) in [5.41, 5.74) is 2.42. The standard InChI is InChI=1S/C17H20N2OS2/c1-11-3-6-13(7-4-11)21-10-16(20)19-17-18-14-8-5-12(2)9-15(14)22-17/h3-4,6-7,12H,5,8-10H2,1-2H3,(H,18,19,20)/t12-/m1/s1. The van der Waals surface area contributed by atoms with Crippen LogP contribution in [0.3, 0.4) is 0 Å². The number of rotatable bonds is 4. The highest BCUT2D eigenvalue weighted by molar-refractivity contribution is 8.00. The van der Waals surface area contributed by atoms with Crippen LogP contribution in [0.5, 0.6) is 0 Å². The zero-order valence-corrected chi connectivity index (χ0v) is 14.5. The summed E-state index contributed by atoms with van der Waals surface area (Å²) in [6.45, 7) is 4.34. The Labute approximate surface area is 139 Å². The van der Waals surface area contributed by atoms with E-state index in [0.29, 0.717) is 5.75 Å². The number of aryl methyl sites for hydroxylation is 2. The zero-order chi connectivity index (χ0) is 15.5. The van der Waals surface area contributed by atoms with Gasteiger partial charge in [-0.05, 0) is 44.2 Å². The fraction of sp³-hybridized carbons (Fsp3) is 0.412. The van der Waals surface area contributed by atoms with Crippen LogP contribution in [-0.2, 0) is 17.6 Å². The molecule has 0 saturated carbocycles. The van der Waals surface area contributed by atoms with Crippen molar-refractivity contribution >= 4 is 34.1 Å². The van der Waals surface area contributed by atoms with Gasteiger partial charge in [-0.2, -0.15) is 0 Å². The van der Waals surface area contributed by atoms with Crippen LogP contribution in [0, 0.1) is 12.8 Å². The van der Waals surface area contributed by atoms with E-state index in [9.17, 15) is 4.79 Å². The molecule has 0 saturated heterocycles. The molecule has 3 rings (SSSR count). The summed E-state index contributed by atoms with van der Waals surface area (Å²) < 4.78 is 0. The summed E-state index contributed by atoms with van der Waals surface area (Å²) in [5, 5.41) is 3.70. The molecule has 22 heavy (non-hydrogen) atoms. The van der Waals surface area contributed by atoms with Gasteiger partial charge >= 0.3 is 0 Å². The van der Waals surface area contributed by atoms with Gasteiger partial charge in [-0.15, -0.1) is 23.1 Å². The Bertz CT molecular complexity index is 664. The minimum atomic E-state index is 0.0183. The Balaban J connectivity index is 1.54. The van der Waals surface area contributed by atoms with Crippen molar-refractivity contribution < 1.29 is 4.79 Å². The largest absolute Gasteiger partial charge is 0.301 e. The maximum atomic E-state index is 12.1. The van der Waals surface area contributed by atoms with E-state index < -0.39 is 0 Å². The number of amides is 1. The number of nitrogens with zero attached hydrogens (tertiary/aromatic N) is 1. The number of thiazole rings is 1. The van der Waals surface area contributed by atoms with Gasteiger partial charge in [0.25, 0.3) is 0 Å². The number of carbonyl (C=O) groups is 1. The third kappa shape index (κ3) is 3.90. The molecule has 0 unspecified atom stereocenters. The number of benzene rings is 1. The number of fused-ring (bicyclic) bond motifs is 1. The van der Waals surface area contributed by atoms with Crippen LogP contribution in [-0.4, -0.2) is 16.6 Å². The number of hydrogen-bond acceptors (Lipinski definition) is 4. The van der Waals surface area contributed by atoms with Gasteiger partial charge in [0.05, 0.1) is 11.4 Å². The lowest BCUT2D eigenvalue weighted by molar-refractivity contribution is -0.113. The van der Waals surface area contributed by atoms with E-state index in [-0.39, 0.29) is 5.91 Å². The summed E-state index contributed by atoms with van der Waals surface area (Å²) in [6.07, 6.45) is 3.34. The van der Waals surface area contributed by atoms with E-state index in [1.165, 1.54) is 22.6 Å². The molecule has 1 aliphatic rings. The molecule has 1 aromatic heterocycles. The second-order valence-electron chi connectivity index (χ2n) is 5.89. The van der Waals surface area contributed by atoms with Gasteiger partial charge in [0.1, 0.15) is 0 Å². The lowest BCUT2D eigenvalue weighted by Crippen LogP contribution is -2.14. The molecule has 5 heteroatoms. The Morgan fingerprint density at radius 3 is 2.95 bits per heavy atom. The van der Waals surface area contributed by atoms with Crippen molar-refractivity contribution in [3.05, 3.63) is 40.4 Å². The topological polar surface area (TPSA) is 42.0 Å². The van der Waals surface area contributed by atoms with Crippen LogP contribution in [0.1, 0.15) is 29.5 Å². The fourth-order valence-corrected chi connectivity index (χ4v) is 4.42. The molecule has 1 aromatic carbocycles. The third-order valence-electron chi connectivity index (χ3n) is 3.82. The molecule has 1 heterocycles. The summed E-state index contributed by atoms with van der Waals surface area (Å²) in [6, 6.07) is 8.24. The molecular formula is C17H20N2OS2. The lowest BCUT2D eigenvalue weighted by atomic mass is 9.93. The molecular weight excluding hydrogens is 312 g/mol. The predicted octanol–water partition coefficient (Wildman–Crippen LogP) is 4.31. The van der Waals surface area contributed by atoms with Crippen molar-refractivity contribution in [1.82, 2.24) is 4.98 Å². The lowest BCUT2D eigenvalue weighted by Gasteiger charge is -2.15. The first-order valence-electron chi connectivity index (χ1n) is 7.58. The maximum absolute atomic E-state index is 12.1. The average molecular weight is 332 g/mol. The highest BCUT2D eigenvalue weighted by atomic mass is 32.2. The van der Waals surface area contributed by atoms with E-state index in [1.54, 1.807) is 23.1 Å². The Hall–Kier alpha value is -1.33. The van der Waals surface area contributed by atoms with Gasteiger partial charge in [-0.25, -0.2) is 4.98 Å². The van der Waals surface area contributed by atoms with Gasteiger partial charge in [-0.3, -0.25) is 4.79 Å². The Morgan fingerprint density at radius 2 is 2.18 bits per heavy atom. The van der Waals surface area contributed by atoms with E-state index in [0.717, 1.165) is 28.8 Å². The molecule has 1 atom stereocenters. The van der Waals surface area contributed by atoms with E-state index in [2.05, 4.69) is 48.4 Å². The van der Waals surface area contributed by atoms with Gasteiger partial charge in [0, 0.05) is 9.77 Å². The molecule has 2 aromatic rings. The molecule has 0 radical (unpaired) electrons. The van der Waals surface area contributed by atoms with Crippen LogP contribution in [0.15, 0.2) is 29.2 Å². The second kappa shape index (κ2) is 6.84. The first-order valence-corrected chi connectivity index (χ1v) is 9.38. The predicted molar refractivity (Wildman–Crippen MR) is 93.8 cm³/mol. The summed E-state index contributed by atoms with van der Waals surface area (Å²) in [5.74, 6) is 1.17. The van der Waals surface area contributed by atoms with Crippen molar-refractivity contribution in [2.45, 2.75) is 38.0 Å². The first kappa shape index (κ1) is 15.6. The normalized spacial score (nSPS) is 17.1. The monoisotopic (exact) mass is 332 g/mol. The van der Waals surface area contributed by atoms with Crippen molar-refractivity contribution in [2.24, 2.45) is 5.92 Å². The van der Waals surface area contributed by atoms with Crippen LogP contribution in [0.25, 0.3) is 0 Å². The quantitative estimate of drug-likeness (QED) is 0.849. The number of hydrogen-bond donors (Lipinski definition) is 1. The van der Waals surface area contributed by atoms with Crippen LogP contribution >= 0.6 is 23.1 Å². The van der Waals surface area contributed by atoms with E-state index >= 15 is 0 Å². The highest BCUT2D eigenvalue weighted by Crippen LogP contribution is 2.32. The van der Waals surface area contributed by atoms with E-state index in [4.69, 9.17) is 0 Å². The minimum Gasteiger partial charge on any atom is -0.301 e. The van der Waals surface area contributed by atoms with Gasteiger partial charge in [-0.1, -0.05) is 24.6 Å². The number of carbonyl (C=O) groups excluding carboxylic acids is 1. The Morgan fingerprint density at radius 1 is 1.41 bits per heavy atom.